The summed E-state index contributed by atoms with van der Waals surface area (Å²) in [6.45, 7) is 4.08. The molecule has 0 saturated carbocycles. The summed E-state index contributed by atoms with van der Waals surface area (Å²) in [5.74, 6) is -0.138. The number of hydrogen-bond donors (Lipinski definition) is 1. The Bertz CT molecular complexity index is 1300. The molecule has 0 atom stereocenters. The first-order chi connectivity index (χ1) is 13.6. The molecule has 1 aliphatic heterocycles. The number of aliphatic imine (C=N–C) groups is 2. The van der Waals surface area contributed by atoms with Gasteiger partial charge in [0.15, 0.2) is 0 Å². The zero-order valence-corrected chi connectivity index (χ0v) is 15.6. The van der Waals surface area contributed by atoms with E-state index in [4.69, 9.17) is 14.4 Å². The van der Waals surface area contributed by atoms with E-state index in [2.05, 4.69) is 6.07 Å². The predicted octanol–water partition coefficient (Wildman–Crippen LogP) is 6.01. The average molecular weight is 366 g/mol. The maximum absolute atomic E-state index is 10.6. The topological polar surface area (TPSA) is 58.1 Å². The van der Waals surface area contributed by atoms with Gasteiger partial charge >= 0.3 is 0 Å². The highest BCUT2D eigenvalue weighted by Crippen LogP contribution is 2.38. The van der Waals surface area contributed by atoms with Crippen LogP contribution in [0.3, 0.4) is 0 Å². The molecule has 0 aliphatic carbocycles. The smallest absolute Gasteiger partial charge is 0.292 e. The minimum absolute atomic E-state index is 0.138. The maximum atomic E-state index is 10.6. The van der Waals surface area contributed by atoms with Crippen LogP contribution in [0.25, 0.3) is 11.0 Å². The molecule has 4 aromatic rings. The van der Waals surface area contributed by atoms with Gasteiger partial charge in [-0.3, -0.25) is 0 Å². The zero-order valence-electron chi connectivity index (χ0n) is 15.6. The molecule has 4 nitrogen and oxygen atoms in total. The molecule has 0 fully saturated rings. The summed E-state index contributed by atoms with van der Waals surface area (Å²) >= 11 is 0. The Morgan fingerprint density at radius 1 is 0.893 bits per heavy atom. The Hall–Kier alpha value is -3.66. The van der Waals surface area contributed by atoms with E-state index in [1.54, 1.807) is 0 Å². The van der Waals surface area contributed by atoms with Crippen molar-refractivity contribution in [2.45, 2.75) is 13.8 Å². The van der Waals surface area contributed by atoms with Crippen LogP contribution in [0.15, 0.2) is 81.1 Å². The van der Waals surface area contributed by atoms with Crippen molar-refractivity contribution in [1.82, 2.24) is 0 Å². The molecule has 1 aliphatic rings. The standard InChI is InChI=1S/C24H18N2O2/c1-14-6-5-7-16(12-14)25-22-17-11-10-15(2)13-19(17)26-23(22)21-18-8-3-4-9-20(18)28-24(21)27/h3-13,27H,1-2H3. The van der Waals surface area contributed by atoms with Crippen molar-refractivity contribution in [3.63, 3.8) is 0 Å². The van der Waals surface area contributed by atoms with E-state index in [-0.39, 0.29) is 5.95 Å². The number of para-hydroxylation sites is 1. The van der Waals surface area contributed by atoms with Crippen LogP contribution in [-0.2, 0) is 0 Å². The quantitative estimate of drug-likeness (QED) is 0.472. The van der Waals surface area contributed by atoms with Crippen molar-refractivity contribution >= 4 is 33.8 Å². The van der Waals surface area contributed by atoms with Gasteiger partial charge in [-0.15, -0.1) is 0 Å². The molecule has 136 valence electrons. The van der Waals surface area contributed by atoms with E-state index in [9.17, 15) is 5.11 Å². The van der Waals surface area contributed by atoms with E-state index in [0.717, 1.165) is 39.2 Å². The van der Waals surface area contributed by atoms with Crippen LogP contribution < -0.4 is 0 Å². The third-order valence-electron chi connectivity index (χ3n) is 4.92. The minimum atomic E-state index is -0.138. The number of benzene rings is 3. The van der Waals surface area contributed by atoms with Gasteiger partial charge in [-0.05, 0) is 49.2 Å². The monoisotopic (exact) mass is 366 g/mol. The van der Waals surface area contributed by atoms with Gasteiger partial charge in [0.05, 0.1) is 22.6 Å². The normalized spacial score (nSPS) is 14.5. The Morgan fingerprint density at radius 3 is 2.57 bits per heavy atom. The third kappa shape index (κ3) is 2.62. The van der Waals surface area contributed by atoms with Gasteiger partial charge in [0.25, 0.3) is 5.95 Å². The molecule has 28 heavy (non-hydrogen) atoms. The highest BCUT2D eigenvalue weighted by atomic mass is 16.5. The second-order valence-corrected chi connectivity index (χ2v) is 7.06. The molecule has 0 bridgehead atoms. The summed E-state index contributed by atoms with van der Waals surface area (Å²) in [6, 6.07) is 21.7. The minimum Gasteiger partial charge on any atom is -0.480 e. The first-order valence-electron chi connectivity index (χ1n) is 9.16. The first-order valence-corrected chi connectivity index (χ1v) is 9.16. The number of furan rings is 1. The van der Waals surface area contributed by atoms with Gasteiger partial charge in [0.2, 0.25) is 0 Å². The molecule has 0 amide bonds. The fourth-order valence-electron chi connectivity index (χ4n) is 3.61. The lowest BCUT2D eigenvalue weighted by atomic mass is 10.00. The molecule has 0 spiro atoms. The van der Waals surface area contributed by atoms with E-state index in [1.807, 2.05) is 74.5 Å². The van der Waals surface area contributed by atoms with Crippen molar-refractivity contribution in [3.05, 3.63) is 89.0 Å². The summed E-state index contributed by atoms with van der Waals surface area (Å²) in [4.78, 5) is 9.74. The average Bonchev–Trinajstić information content (AvgIpc) is 3.17. The van der Waals surface area contributed by atoms with Crippen molar-refractivity contribution < 1.29 is 9.52 Å². The lowest BCUT2D eigenvalue weighted by molar-refractivity contribution is 0.345. The van der Waals surface area contributed by atoms with Gasteiger partial charge in [-0.1, -0.05) is 42.5 Å². The fourth-order valence-corrected chi connectivity index (χ4v) is 3.61. The van der Waals surface area contributed by atoms with Gasteiger partial charge in [0.1, 0.15) is 11.3 Å². The summed E-state index contributed by atoms with van der Waals surface area (Å²) in [5.41, 5.74) is 7.49. The fraction of sp³-hybridized carbons (Fsp3) is 0.0833. The molecule has 5 rings (SSSR count). The molecule has 0 radical (unpaired) electrons. The Morgan fingerprint density at radius 2 is 1.71 bits per heavy atom. The van der Waals surface area contributed by atoms with Crippen molar-refractivity contribution in [1.29, 1.82) is 0 Å². The van der Waals surface area contributed by atoms with E-state index in [1.165, 1.54) is 0 Å². The van der Waals surface area contributed by atoms with Crippen molar-refractivity contribution in [2.24, 2.45) is 9.98 Å². The number of rotatable bonds is 2. The summed E-state index contributed by atoms with van der Waals surface area (Å²) in [5, 5.41) is 11.4. The molecule has 3 aromatic carbocycles. The van der Waals surface area contributed by atoms with Crippen LogP contribution in [0.5, 0.6) is 5.95 Å². The highest BCUT2D eigenvalue weighted by molar-refractivity contribution is 6.58. The van der Waals surface area contributed by atoms with Crippen LogP contribution in [0.2, 0.25) is 0 Å². The second-order valence-electron chi connectivity index (χ2n) is 7.06. The molecule has 1 aromatic heterocycles. The Balaban J connectivity index is 1.77. The SMILES string of the molecule is Cc1cccc(N=C2C(c3c(O)oc4ccccc34)=Nc3cc(C)ccc32)c1. The predicted molar refractivity (Wildman–Crippen MR) is 113 cm³/mol. The summed E-state index contributed by atoms with van der Waals surface area (Å²) < 4.78 is 5.57. The molecule has 1 N–H and O–H groups in total. The van der Waals surface area contributed by atoms with Gasteiger partial charge in [0, 0.05) is 10.9 Å². The number of hydrogen-bond acceptors (Lipinski definition) is 4. The molecule has 0 unspecified atom stereocenters. The molecule has 0 saturated heterocycles. The number of nitrogens with zero attached hydrogens (tertiary/aromatic N) is 2. The van der Waals surface area contributed by atoms with Gasteiger partial charge in [-0.2, -0.15) is 0 Å². The van der Waals surface area contributed by atoms with Crippen molar-refractivity contribution in [2.75, 3.05) is 0 Å². The maximum Gasteiger partial charge on any atom is 0.292 e. The number of aromatic hydroxyl groups is 1. The summed E-state index contributed by atoms with van der Waals surface area (Å²) in [6.07, 6.45) is 0. The second kappa shape index (κ2) is 6.20. The van der Waals surface area contributed by atoms with Crippen LogP contribution in [0, 0.1) is 13.8 Å². The Kier molecular flexibility index (Phi) is 3.66. The van der Waals surface area contributed by atoms with Crippen LogP contribution in [0.1, 0.15) is 22.3 Å². The highest BCUT2D eigenvalue weighted by Gasteiger charge is 2.29. The summed E-state index contributed by atoms with van der Waals surface area (Å²) in [7, 11) is 0. The zero-order chi connectivity index (χ0) is 19.3. The number of aryl methyl sites for hydroxylation is 2. The molecule has 2 heterocycles. The first kappa shape index (κ1) is 16.5. The van der Waals surface area contributed by atoms with E-state index < -0.39 is 0 Å². The van der Waals surface area contributed by atoms with Crippen LogP contribution >= 0.6 is 0 Å². The van der Waals surface area contributed by atoms with Gasteiger partial charge < -0.3 is 9.52 Å². The third-order valence-corrected chi connectivity index (χ3v) is 4.92. The molecular weight excluding hydrogens is 348 g/mol. The largest absolute Gasteiger partial charge is 0.480 e. The van der Waals surface area contributed by atoms with Crippen LogP contribution in [0.4, 0.5) is 11.4 Å². The number of fused-ring (bicyclic) bond motifs is 2. The lowest BCUT2D eigenvalue weighted by Gasteiger charge is -2.05. The van der Waals surface area contributed by atoms with Gasteiger partial charge in [-0.25, -0.2) is 9.98 Å². The Labute approximate surface area is 162 Å². The van der Waals surface area contributed by atoms with E-state index in [0.29, 0.717) is 16.9 Å². The van der Waals surface area contributed by atoms with E-state index >= 15 is 0 Å². The lowest BCUT2D eigenvalue weighted by Crippen LogP contribution is -2.12. The molecular formula is C24H18N2O2. The van der Waals surface area contributed by atoms with Crippen molar-refractivity contribution in [3.8, 4) is 5.95 Å². The molecule has 4 heteroatoms. The van der Waals surface area contributed by atoms with Crippen LogP contribution in [-0.4, -0.2) is 16.5 Å².